The van der Waals surface area contributed by atoms with Crippen LogP contribution in [0, 0.1) is 5.92 Å². The summed E-state index contributed by atoms with van der Waals surface area (Å²) < 4.78 is 1.42. The standard InChI is InChI=1S/C15H22N4OS/c1-11(2)6-7-12-5-3-4-10-18(12)15-17-19-13(20)8-9-16-14(19)21-15/h8-9,11-12H,3-7,10H2,1-2H3. The van der Waals surface area contributed by atoms with Gasteiger partial charge in [0.2, 0.25) is 10.1 Å². The van der Waals surface area contributed by atoms with Gasteiger partial charge in [0, 0.05) is 24.8 Å². The number of aromatic nitrogens is 3. The highest BCUT2D eigenvalue weighted by molar-refractivity contribution is 7.20. The first kappa shape index (κ1) is 14.5. The fraction of sp³-hybridized carbons (Fsp3) is 0.667. The smallest absolute Gasteiger partial charge is 0.275 e. The maximum absolute atomic E-state index is 11.8. The van der Waals surface area contributed by atoms with Crippen molar-refractivity contribution in [3.05, 3.63) is 22.6 Å². The van der Waals surface area contributed by atoms with Gasteiger partial charge in [0.15, 0.2) is 0 Å². The van der Waals surface area contributed by atoms with E-state index in [-0.39, 0.29) is 5.56 Å². The Morgan fingerprint density at radius 1 is 1.43 bits per heavy atom. The highest BCUT2D eigenvalue weighted by Gasteiger charge is 2.25. The lowest BCUT2D eigenvalue weighted by Crippen LogP contribution is -2.39. The molecule has 0 radical (unpaired) electrons. The second-order valence-corrected chi connectivity index (χ2v) is 7.11. The summed E-state index contributed by atoms with van der Waals surface area (Å²) in [6, 6.07) is 2.01. The summed E-state index contributed by atoms with van der Waals surface area (Å²) in [5.41, 5.74) is -0.0989. The molecule has 3 rings (SSSR count). The molecule has 0 bridgehead atoms. The third-order valence-electron chi connectivity index (χ3n) is 4.11. The minimum atomic E-state index is -0.0989. The molecule has 2 aromatic heterocycles. The lowest BCUT2D eigenvalue weighted by Gasteiger charge is -2.35. The number of nitrogens with zero attached hydrogens (tertiary/aromatic N) is 4. The van der Waals surface area contributed by atoms with Crippen LogP contribution in [0.4, 0.5) is 5.13 Å². The predicted molar refractivity (Wildman–Crippen MR) is 86.2 cm³/mol. The minimum Gasteiger partial charge on any atom is -0.344 e. The van der Waals surface area contributed by atoms with Gasteiger partial charge < -0.3 is 4.90 Å². The number of fused-ring (bicyclic) bond motifs is 1. The zero-order chi connectivity index (χ0) is 14.8. The van der Waals surface area contributed by atoms with E-state index in [2.05, 4.69) is 28.8 Å². The maximum atomic E-state index is 11.8. The van der Waals surface area contributed by atoms with Gasteiger partial charge in [-0.15, -0.1) is 5.10 Å². The molecule has 1 aliphatic heterocycles. The second-order valence-electron chi connectivity index (χ2n) is 6.18. The first-order chi connectivity index (χ1) is 10.1. The topological polar surface area (TPSA) is 50.5 Å². The number of hydrogen-bond donors (Lipinski definition) is 0. The van der Waals surface area contributed by atoms with E-state index in [1.165, 1.54) is 54.0 Å². The molecule has 1 aliphatic rings. The first-order valence-corrected chi connectivity index (χ1v) is 8.58. The van der Waals surface area contributed by atoms with Crippen molar-refractivity contribution in [1.82, 2.24) is 14.6 Å². The molecule has 3 heterocycles. The molecule has 5 nitrogen and oxygen atoms in total. The number of anilines is 1. The van der Waals surface area contributed by atoms with Crippen LogP contribution in [0.1, 0.15) is 46.0 Å². The van der Waals surface area contributed by atoms with Gasteiger partial charge >= 0.3 is 0 Å². The van der Waals surface area contributed by atoms with Crippen molar-refractivity contribution in [2.24, 2.45) is 5.92 Å². The van der Waals surface area contributed by atoms with E-state index in [9.17, 15) is 4.79 Å². The zero-order valence-electron chi connectivity index (χ0n) is 12.7. The van der Waals surface area contributed by atoms with Gasteiger partial charge in [-0.2, -0.15) is 4.52 Å². The van der Waals surface area contributed by atoms with Crippen LogP contribution < -0.4 is 10.5 Å². The van der Waals surface area contributed by atoms with Gasteiger partial charge in [-0.1, -0.05) is 25.2 Å². The lowest BCUT2D eigenvalue weighted by atomic mass is 9.95. The molecule has 1 fully saturated rings. The largest absolute Gasteiger partial charge is 0.344 e. The number of rotatable bonds is 4. The van der Waals surface area contributed by atoms with E-state index in [0.717, 1.165) is 17.6 Å². The zero-order valence-corrected chi connectivity index (χ0v) is 13.5. The molecule has 0 saturated carbocycles. The Kier molecular flexibility index (Phi) is 4.24. The van der Waals surface area contributed by atoms with Crippen LogP contribution in [0.25, 0.3) is 4.96 Å². The third-order valence-corrected chi connectivity index (χ3v) is 5.07. The second kappa shape index (κ2) is 6.13. The quantitative estimate of drug-likeness (QED) is 0.871. The van der Waals surface area contributed by atoms with Gasteiger partial charge in [-0.05, 0) is 38.0 Å². The van der Waals surface area contributed by atoms with Gasteiger partial charge in [0.25, 0.3) is 5.56 Å². The Balaban J connectivity index is 1.87. The van der Waals surface area contributed by atoms with Gasteiger partial charge in [0.05, 0.1) is 0 Å². The van der Waals surface area contributed by atoms with Crippen LogP contribution in [-0.2, 0) is 0 Å². The van der Waals surface area contributed by atoms with Crippen LogP contribution in [0.15, 0.2) is 17.1 Å². The molecular weight excluding hydrogens is 284 g/mol. The average Bonchev–Trinajstić information content (AvgIpc) is 2.91. The van der Waals surface area contributed by atoms with Gasteiger partial charge in [0.1, 0.15) is 0 Å². The van der Waals surface area contributed by atoms with E-state index in [1.54, 1.807) is 6.20 Å². The summed E-state index contributed by atoms with van der Waals surface area (Å²) in [7, 11) is 0. The Bertz CT molecular complexity index is 663. The molecular formula is C15H22N4OS. The minimum absolute atomic E-state index is 0.0989. The van der Waals surface area contributed by atoms with Crippen LogP contribution in [0.5, 0.6) is 0 Å². The van der Waals surface area contributed by atoms with Crippen molar-refractivity contribution in [1.29, 1.82) is 0 Å². The number of piperidine rings is 1. The molecule has 6 heteroatoms. The molecule has 0 amide bonds. The van der Waals surface area contributed by atoms with E-state index >= 15 is 0 Å². The van der Waals surface area contributed by atoms with Crippen LogP contribution in [0.3, 0.4) is 0 Å². The summed E-state index contributed by atoms with van der Waals surface area (Å²) in [5.74, 6) is 0.730. The van der Waals surface area contributed by atoms with Crippen molar-refractivity contribution in [2.45, 2.75) is 52.0 Å². The van der Waals surface area contributed by atoms with E-state index in [4.69, 9.17) is 0 Å². The molecule has 114 valence electrons. The SMILES string of the molecule is CC(C)CCC1CCCCN1c1nn2c(=O)ccnc2s1. The summed E-state index contributed by atoms with van der Waals surface area (Å²) in [5, 5.41) is 5.44. The highest BCUT2D eigenvalue weighted by atomic mass is 32.1. The van der Waals surface area contributed by atoms with Crippen LogP contribution in [0.2, 0.25) is 0 Å². The fourth-order valence-corrected chi connectivity index (χ4v) is 3.90. The molecule has 1 saturated heterocycles. The van der Waals surface area contributed by atoms with E-state index in [1.807, 2.05) is 0 Å². The normalized spacial score (nSPS) is 19.6. The summed E-state index contributed by atoms with van der Waals surface area (Å²) in [6.07, 6.45) is 7.73. The summed E-state index contributed by atoms with van der Waals surface area (Å²) in [6.45, 7) is 5.58. The third kappa shape index (κ3) is 3.10. The van der Waals surface area contributed by atoms with Crippen molar-refractivity contribution in [3.63, 3.8) is 0 Å². The molecule has 1 atom stereocenters. The molecule has 0 aliphatic carbocycles. The average molecular weight is 306 g/mol. The molecule has 2 aromatic rings. The van der Waals surface area contributed by atoms with Crippen molar-refractivity contribution in [3.8, 4) is 0 Å². The Hall–Kier alpha value is -1.43. The van der Waals surface area contributed by atoms with Gasteiger partial charge in [-0.3, -0.25) is 4.79 Å². The first-order valence-electron chi connectivity index (χ1n) is 7.76. The Morgan fingerprint density at radius 3 is 3.05 bits per heavy atom. The predicted octanol–water partition coefficient (Wildman–Crippen LogP) is 2.95. The summed E-state index contributed by atoms with van der Waals surface area (Å²) >= 11 is 1.52. The number of hydrogen-bond acceptors (Lipinski definition) is 5. The van der Waals surface area contributed by atoms with Crippen molar-refractivity contribution < 1.29 is 0 Å². The fourth-order valence-electron chi connectivity index (χ4n) is 2.93. The van der Waals surface area contributed by atoms with E-state index in [0.29, 0.717) is 11.0 Å². The molecule has 0 N–H and O–H groups in total. The van der Waals surface area contributed by atoms with E-state index < -0.39 is 0 Å². The molecule has 21 heavy (non-hydrogen) atoms. The molecule has 0 aromatic carbocycles. The Morgan fingerprint density at radius 2 is 2.29 bits per heavy atom. The van der Waals surface area contributed by atoms with Gasteiger partial charge in [-0.25, -0.2) is 4.98 Å². The van der Waals surface area contributed by atoms with Crippen LogP contribution >= 0.6 is 11.3 Å². The molecule has 1 unspecified atom stereocenters. The maximum Gasteiger partial charge on any atom is 0.275 e. The lowest BCUT2D eigenvalue weighted by molar-refractivity contribution is 0.403. The highest BCUT2D eigenvalue weighted by Crippen LogP contribution is 2.30. The summed E-state index contributed by atoms with van der Waals surface area (Å²) in [4.78, 5) is 19.1. The molecule has 0 spiro atoms. The van der Waals surface area contributed by atoms with Crippen molar-refractivity contribution in [2.75, 3.05) is 11.4 Å². The monoisotopic (exact) mass is 306 g/mol. The van der Waals surface area contributed by atoms with Crippen LogP contribution in [-0.4, -0.2) is 27.2 Å². The Labute approximate surface area is 128 Å². The van der Waals surface area contributed by atoms with Crippen molar-refractivity contribution >= 4 is 21.4 Å².